The molecule has 0 unspecified atom stereocenters. The van der Waals surface area contributed by atoms with Crippen molar-refractivity contribution in [2.45, 2.75) is 6.92 Å². The highest BCUT2D eigenvalue weighted by Crippen LogP contribution is 2.03. The van der Waals surface area contributed by atoms with Crippen molar-refractivity contribution in [2.75, 3.05) is 0 Å². The van der Waals surface area contributed by atoms with Crippen LogP contribution in [0.15, 0.2) is 9.59 Å². The van der Waals surface area contributed by atoms with Crippen molar-refractivity contribution in [3.05, 3.63) is 30.1 Å². The third-order valence-corrected chi connectivity index (χ3v) is 4.12. The van der Waals surface area contributed by atoms with Gasteiger partial charge in [-0.2, -0.15) is 8.42 Å². The molecule has 0 radical (unpaired) electrons. The van der Waals surface area contributed by atoms with E-state index in [-0.39, 0.29) is 9.54 Å². The summed E-state index contributed by atoms with van der Waals surface area (Å²) in [7, 11) is -3.55. The molecule has 0 amide bonds. The second-order valence-corrected chi connectivity index (χ2v) is 5.09. The fourth-order valence-electron chi connectivity index (χ4n) is 1.00. The lowest BCUT2D eigenvalue weighted by atomic mass is 10.4. The summed E-state index contributed by atoms with van der Waals surface area (Å²) in [6.07, 6.45) is 0. The fraction of sp³-hybridized carbons (Fsp3) is 0.333. The number of aromatic nitrogens is 2. The molecule has 0 spiro atoms. The van der Waals surface area contributed by atoms with Crippen molar-refractivity contribution in [1.82, 2.24) is 8.54 Å². The van der Waals surface area contributed by atoms with Crippen LogP contribution in [0.1, 0.15) is 5.56 Å². The lowest BCUT2D eigenvalue weighted by Crippen LogP contribution is -2.44. The van der Waals surface area contributed by atoms with Crippen LogP contribution in [0.2, 0.25) is 0 Å². The first-order valence-electron chi connectivity index (χ1n) is 3.64. The average molecular weight is 346 g/mol. The quantitative estimate of drug-likeness (QED) is 0.404. The zero-order valence-electron chi connectivity index (χ0n) is 7.76. The van der Waals surface area contributed by atoms with Gasteiger partial charge in [-0.05, 0) is 29.5 Å². The first-order chi connectivity index (χ1) is 6.68. The Morgan fingerprint density at radius 3 is 2.20 bits per heavy atom. The van der Waals surface area contributed by atoms with E-state index in [4.69, 9.17) is 4.55 Å². The zero-order valence-corrected chi connectivity index (χ0v) is 10.7. The van der Waals surface area contributed by atoms with Crippen LogP contribution < -0.4 is 11.2 Å². The molecule has 1 aromatic rings. The Hall–Kier alpha value is -0.680. The Kier molecular flexibility index (Phi) is 3.07. The molecule has 0 aromatic carbocycles. The molecule has 0 aliphatic rings. The highest BCUT2D eigenvalue weighted by Gasteiger charge is 2.20. The van der Waals surface area contributed by atoms with Gasteiger partial charge in [-0.25, -0.2) is 4.79 Å². The monoisotopic (exact) mass is 346 g/mol. The van der Waals surface area contributed by atoms with Gasteiger partial charge in [0.1, 0.15) is 0 Å². The van der Waals surface area contributed by atoms with Crippen LogP contribution in [-0.2, 0) is 17.4 Å². The van der Waals surface area contributed by atoms with Crippen molar-refractivity contribution in [1.29, 1.82) is 0 Å². The molecule has 0 aliphatic heterocycles. The molecule has 84 valence electrons. The van der Waals surface area contributed by atoms with E-state index < -0.39 is 21.6 Å². The molecule has 0 fully saturated rings. The summed E-state index contributed by atoms with van der Waals surface area (Å²) in [4.78, 5) is 22.8. The number of nitrogens with zero attached hydrogens (tertiary/aromatic N) is 2. The van der Waals surface area contributed by atoms with Gasteiger partial charge in [0.2, 0.25) is 0 Å². The van der Waals surface area contributed by atoms with Crippen molar-refractivity contribution in [3.8, 4) is 0 Å². The number of rotatable bonds is 1. The standard InChI is InChI=1S/C6H7IN2O5S/c1-3-4(7)8(2)6(11)9(5(3)10)15(12,13)14/h1-2H3,(H,12,13,14). The van der Waals surface area contributed by atoms with Gasteiger partial charge in [0, 0.05) is 12.6 Å². The molecular formula is C6H7IN2O5S. The van der Waals surface area contributed by atoms with E-state index in [1.54, 1.807) is 22.6 Å². The predicted molar refractivity (Wildman–Crippen MR) is 60.3 cm³/mol. The summed E-state index contributed by atoms with van der Waals surface area (Å²) in [6, 6.07) is 0. The van der Waals surface area contributed by atoms with Gasteiger partial charge in [-0.3, -0.25) is 13.9 Å². The first kappa shape index (κ1) is 12.4. The van der Waals surface area contributed by atoms with E-state index in [2.05, 4.69) is 0 Å². The molecule has 0 bridgehead atoms. The minimum absolute atomic E-state index is 0.0790. The maximum Gasteiger partial charge on any atom is 0.370 e. The third kappa shape index (κ3) is 1.99. The van der Waals surface area contributed by atoms with Gasteiger partial charge in [0.25, 0.3) is 5.56 Å². The Labute approximate surface area is 98.4 Å². The SMILES string of the molecule is Cc1c(I)n(C)c(=O)n(S(=O)(=O)O)c1=O. The first-order valence-corrected chi connectivity index (χ1v) is 6.11. The molecule has 1 aromatic heterocycles. The number of halogens is 1. The third-order valence-electron chi connectivity index (χ3n) is 1.80. The largest absolute Gasteiger partial charge is 0.370 e. The van der Waals surface area contributed by atoms with Crippen molar-refractivity contribution in [2.24, 2.45) is 7.05 Å². The van der Waals surface area contributed by atoms with Crippen LogP contribution >= 0.6 is 22.6 Å². The number of hydrogen-bond donors (Lipinski definition) is 1. The van der Waals surface area contributed by atoms with E-state index in [9.17, 15) is 18.0 Å². The lowest BCUT2D eigenvalue weighted by Gasteiger charge is -2.07. The van der Waals surface area contributed by atoms with Gasteiger partial charge >= 0.3 is 16.0 Å². The minimum Gasteiger partial charge on any atom is -0.290 e. The normalized spacial score (nSPS) is 11.7. The molecule has 7 nitrogen and oxygen atoms in total. The number of hydrogen-bond acceptors (Lipinski definition) is 4. The van der Waals surface area contributed by atoms with E-state index in [0.717, 1.165) is 4.57 Å². The van der Waals surface area contributed by atoms with Gasteiger partial charge in [-0.1, -0.05) is 0 Å². The van der Waals surface area contributed by atoms with E-state index >= 15 is 0 Å². The molecular weight excluding hydrogens is 339 g/mol. The smallest absolute Gasteiger partial charge is 0.290 e. The molecule has 0 atom stereocenters. The minimum atomic E-state index is -4.86. The van der Waals surface area contributed by atoms with Crippen LogP contribution in [0.3, 0.4) is 0 Å². The van der Waals surface area contributed by atoms with Gasteiger partial charge in [0.05, 0.1) is 3.70 Å². The van der Waals surface area contributed by atoms with Crippen LogP contribution in [0.25, 0.3) is 0 Å². The summed E-state index contributed by atoms with van der Waals surface area (Å²) in [5, 5.41) is 0. The van der Waals surface area contributed by atoms with Gasteiger partial charge in [-0.15, -0.1) is 3.97 Å². The van der Waals surface area contributed by atoms with Crippen molar-refractivity contribution in [3.63, 3.8) is 0 Å². The maximum absolute atomic E-state index is 11.4. The maximum atomic E-state index is 11.4. The topological polar surface area (TPSA) is 98.4 Å². The summed E-state index contributed by atoms with van der Waals surface area (Å²) >= 11 is 1.74. The van der Waals surface area contributed by atoms with Crippen LogP contribution in [0, 0.1) is 10.6 Å². The highest BCUT2D eigenvalue weighted by atomic mass is 127. The van der Waals surface area contributed by atoms with E-state index in [0.29, 0.717) is 3.70 Å². The molecule has 0 saturated heterocycles. The van der Waals surface area contributed by atoms with E-state index in [1.807, 2.05) is 0 Å². The fourth-order valence-corrected chi connectivity index (χ4v) is 2.11. The average Bonchev–Trinajstić information content (AvgIpc) is 2.09. The summed E-state index contributed by atoms with van der Waals surface area (Å²) in [5.74, 6) is 0. The Bertz CT molecular complexity index is 589. The molecule has 9 heteroatoms. The van der Waals surface area contributed by atoms with Gasteiger partial charge < -0.3 is 0 Å². The van der Waals surface area contributed by atoms with E-state index in [1.165, 1.54) is 14.0 Å². The molecule has 1 N–H and O–H groups in total. The van der Waals surface area contributed by atoms with Crippen molar-refractivity contribution < 1.29 is 13.0 Å². The Morgan fingerprint density at radius 2 is 1.80 bits per heavy atom. The predicted octanol–water partition coefficient (Wildman–Crippen LogP) is -0.889. The van der Waals surface area contributed by atoms with Crippen molar-refractivity contribution >= 4 is 32.9 Å². The summed E-state index contributed by atoms with van der Waals surface area (Å²) < 4.78 is 31.4. The second kappa shape index (κ2) is 3.72. The Balaban J connectivity index is 4.04. The highest BCUT2D eigenvalue weighted by molar-refractivity contribution is 14.1. The molecule has 1 heterocycles. The Morgan fingerprint density at radius 1 is 1.33 bits per heavy atom. The molecule has 0 aliphatic carbocycles. The van der Waals surface area contributed by atoms with Crippen LogP contribution in [0.4, 0.5) is 0 Å². The lowest BCUT2D eigenvalue weighted by molar-refractivity contribution is 0.464. The zero-order chi connectivity index (χ0) is 12.0. The summed E-state index contributed by atoms with van der Waals surface area (Å²) in [6.45, 7) is 1.37. The van der Waals surface area contributed by atoms with Gasteiger partial charge in [0.15, 0.2) is 0 Å². The second-order valence-electron chi connectivity index (χ2n) is 2.80. The molecule has 15 heavy (non-hydrogen) atoms. The molecule has 0 saturated carbocycles. The van der Waals surface area contributed by atoms with Crippen LogP contribution in [0.5, 0.6) is 0 Å². The molecule has 1 rings (SSSR count). The van der Waals surface area contributed by atoms with Crippen LogP contribution in [-0.4, -0.2) is 21.5 Å². The summed E-state index contributed by atoms with van der Waals surface area (Å²) in [5.41, 5.74) is -2.06.